The van der Waals surface area contributed by atoms with E-state index in [9.17, 15) is 0 Å². The Kier molecular flexibility index (Phi) is 94.6. The van der Waals surface area contributed by atoms with Crippen LogP contribution in [0.4, 0.5) is 0 Å². The van der Waals surface area contributed by atoms with Crippen LogP contribution in [-0.4, -0.2) is 122 Å². The Labute approximate surface area is 171 Å². The van der Waals surface area contributed by atoms with Crippen LogP contribution in [0.25, 0.3) is 0 Å². The maximum Gasteiger partial charge on any atom is 2.00 e. The maximum atomic E-state index is 8.42. The molecule has 0 fully saturated rings. The summed E-state index contributed by atoms with van der Waals surface area (Å²) in [5, 5.41) is 115. The van der Waals surface area contributed by atoms with E-state index in [1.807, 2.05) is 0 Å². The summed E-state index contributed by atoms with van der Waals surface area (Å²) in [6, 6.07) is 0. The van der Waals surface area contributed by atoms with Gasteiger partial charge in [0.05, 0.1) is 0 Å². The Hall–Kier alpha value is 1.66. The molecule has 0 aromatic carbocycles. The van der Waals surface area contributed by atoms with Crippen molar-refractivity contribution in [3.05, 3.63) is 0 Å². The molecule has 124 valence electrons. The van der Waals surface area contributed by atoms with Crippen LogP contribution in [0.5, 0.6) is 0 Å². The van der Waals surface area contributed by atoms with Gasteiger partial charge in [-0.15, -0.1) is 0 Å². The second-order valence-corrected chi connectivity index (χ2v) is 1.62. The van der Waals surface area contributed by atoms with Gasteiger partial charge in [-0.1, -0.05) is 0 Å². The van der Waals surface area contributed by atoms with Gasteiger partial charge in [-0.3, -0.25) is 14.6 Å². The molecule has 9 N–H and O–H groups in total. The van der Waals surface area contributed by atoms with Gasteiger partial charge in [-0.2, -0.15) is 0 Å². The second kappa shape index (κ2) is 43.8. The minimum absolute atomic E-state index is 0. The molecule has 23 heteroatoms. The van der Waals surface area contributed by atoms with Crippen molar-refractivity contribution in [1.29, 1.82) is 0 Å². The van der Waals surface area contributed by atoms with Gasteiger partial charge in [0.1, 0.15) is 0 Å². The summed E-state index contributed by atoms with van der Waals surface area (Å²) in [5.41, 5.74) is 0. The molecule has 0 rings (SSSR count). The largest absolute Gasteiger partial charge is 2.00 e. The zero-order chi connectivity index (χ0) is 17.9. The average molecular weight is 465 g/mol. The second-order valence-electron chi connectivity index (χ2n) is 1.62. The molecular weight excluding hydrogens is 456 g/mol. The van der Waals surface area contributed by atoms with Crippen LogP contribution in [0.15, 0.2) is 0 Å². The normalized spacial score (nSPS) is 5.87. The predicted octanol–water partition coefficient (Wildman–Crippen LogP) is -14.8. The summed E-state index contributed by atoms with van der Waals surface area (Å²) in [6.45, 7) is 0. The summed E-state index contributed by atoms with van der Waals surface area (Å²) in [7, 11) is -12.3. The first-order chi connectivity index (χ1) is 8.66. The number of hydrogen-bond donors (Lipinski definition) is 9. The molecule has 0 aliphatic heterocycles. The van der Waals surface area contributed by atoms with Crippen molar-refractivity contribution in [3.8, 4) is 0 Å². The van der Waals surface area contributed by atoms with Crippen molar-refractivity contribution in [1.82, 2.24) is 0 Å². The fourth-order valence-corrected chi connectivity index (χ4v) is 0. The summed E-state index contributed by atoms with van der Waals surface area (Å²) in [4.78, 5) is 0. The van der Waals surface area contributed by atoms with E-state index in [1.54, 1.807) is 0 Å². The van der Waals surface area contributed by atoms with E-state index in [-0.39, 0.29) is 60.1 Å². The summed E-state index contributed by atoms with van der Waals surface area (Å²) < 4.78 is 0. The topological polar surface area (TPSA) is 320 Å². The Morgan fingerprint density at radius 3 is 0.435 bits per heavy atom. The Morgan fingerprint density at radius 1 is 0.435 bits per heavy atom. The molecule has 0 amide bonds. The van der Waals surface area contributed by atoms with Crippen molar-refractivity contribution in [3.63, 3.8) is 0 Å². The van der Waals surface area contributed by atoms with Crippen LogP contribution in [0, 0.1) is 0 Å². The number of rotatable bonds is 0. The monoisotopic (exact) mass is 466 g/mol. The van der Waals surface area contributed by atoms with E-state index >= 15 is 0 Å². The zero-order valence-corrected chi connectivity index (χ0v) is 17.8. The molecule has 0 heterocycles. The molecule has 4 radical (unpaired) electrons. The van der Waals surface area contributed by atoms with Crippen LogP contribution in [-0.2, 0) is 19.5 Å². The minimum Gasteiger partial charge on any atom is -0.907 e. The first-order valence-corrected chi connectivity index (χ1v) is 3.74. The van der Waals surface area contributed by atoms with E-state index in [4.69, 9.17) is 75.4 Å². The molecule has 0 saturated heterocycles. The molecule has 0 aliphatic rings. The number of hydrogen-bond acceptors (Lipinski definition) is 15. The van der Waals surface area contributed by atoms with E-state index in [1.165, 1.54) is 0 Å². The van der Waals surface area contributed by atoms with Crippen LogP contribution in [0.1, 0.15) is 0 Å². The van der Waals surface area contributed by atoms with Crippen LogP contribution >= 0.6 is 0 Å². The first-order valence-electron chi connectivity index (χ1n) is 3.74. The van der Waals surface area contributed by atoms with Gasteiger partial charge in [0.15, 0.2) is 0 Å². The minimum atomic E-state index is -2.92. The molecule has 0 unspecified atom stereocenters. The quantitative estimate of drug-likeness (QED) is 0.150. The zero-order valence-electron chi connectivity index (χ0n) is 11.3. The standard InChI is InChI=1S/3BH3O3.2BO3.Ge.Mg.Zn/c5*2-1(3)4;;;/h3*2-4H;;;;;/q;;;2*-3;;2*+2. The third-order valence-corrected chi connectivity index (χ3v) is 0. The van der Waals surface area contributed by atoms with E-state index in [0.717, 1.165) is 0 Å². The van der Waals surface area contributed by atoms with Gasteiger partial charge in [-0.05, 0) is 0 Å². The summed E-state index contributed by atoms with van der Waals surface area (Å²) in [6.07, 6.45) is 0. The molecule has 0 spiro atoms. The van der Waals surface area contributed by atoms with Gasteiger partial charge in [0.25, 0.3) is 0 Å². The average Bonchev–Trinajstić information content (AvgIpc) is 1.94. The molecule has 0 aliphatic carbocycles. The molecule has 0 atom stereocenters. The molecule has 0 aromatic rings. The Balaban J connectivity index is -0.0000000197. The maximum absolute atomic E-state index is 8.42. The van der Waals surface area contributed by atoms with Crippen molar-refractivity contribution in [2.45, 2.75) is 0 Å². The van der Waals surface area contributed by atoms with Gasteiger partial charge in [-0.25, -0.2) is 0 Å². The third kappa shape index (κ3) is 4040. The molecular formula is H9B5GeMgO15Zn-2. The molecule has 0 saturated carbocycles. The van der Waals surface area contributed by atoms with Gasteiger partial charge < -0.3 is 75.4 Å². The van der Waals surface area contributed by atoms with E-state index in [0.29, 0.717) is 0 Å². The van der Waals surface area contributed by atoms with Gasteiger partial charge in [0, 0.05) is 17.6 Å². The summed E-state index contributed by atoms with van der Waals surface area (Å²) in [5.74, 6) is 0. The SMILES string of the molecule is OB(O)O.OB(O)O.OB(O)O.[Ge].[Mg+2].[O-]B([O-])[O-].[O-]B([O-])[O-].[Zn+2]. The molecule has 0 aromatic heterocycles. The van der Waals surface area contributed by atoms with Crippen LogP contribution < -0.4 is 30.1 Å². The van der Waals surface area contributed by atoms with Crippen LogP contribution in [0.3, 0.4) is 0 Å². The predicted molar refractivity (Wildman–Crippen MR) is 60.2 cm³/mol. The Bertz CT molecular complexity index is 92.4. The van der Waals surface area contributed by atoms with E-state index in [2.05, 4.69) is 0 Å². The summed E-state index contributed by atoms with van der Waals surface area (Å²) >= 11 is 0. The van der Waals surface area contributed by atoms with Crippen molar-refractivity contribution < 1.29 is 94.8 Å². The van der Waals surface area contributed by atoms with Gasteiger partial charge >= 0.3 is 64.5 Å². The smallest absolute Gasteiger partial charge is 0.907 e. The van der Waals surface area contributed by atoms with Crippen molar-refractivity contribution >= 4 is 77.3 Å². The Morgan fingerprint density at radius 2 is 0.435 bits per heavy atom. The molecule has 23 heavy (non-hydrogen) atoms. The van der Waals surface area contributed by atoms with Crippen LogP contribution in [0.2, 0.25) is 0 Å². The van der Waals surface area contributed by atoms with Crippen molar-refractivity contribution in [2.75, 3.05) is 0 Å². The molecule has 0 bridgehead atoms. The third-order valence-electron chi connectivity index (χ3n) is 0. The fraction of sp³-hybridized carbons (Fsp3) is 0. The fourth-order valence-electron chi connectivity index (χ4n) is 0. The molecule has 15 nitrogen and oxygen atoms in total. The van der Waals surface area contributed by atoms with Crippen molar-refractivity contribution in [2.24, 2.45) is 0 Å². The van der Waals surface area contributed by atoms with E-state index < -0.39 is 36.6 Å². The van der Waals surface area contributed by atoms with Gasteiger partial charge in [0.2, 0.25) is 0 Å². The first kappa shape index (κ1) is 49.7.